The highest BCUT2D eigenvalue weighted by molar-refractivity contribution is 4.74. The minimum atomic E-state index is 0.391. The molecule has 2 saturated heterocycles. The summed E-state index contributed by atoms with van der Waals surface area (Å²) in [6.45, 7) is 10.9. The number of hydrogen-bond acceptors (Lipinski definition) is 4. The van der Waals surface area contributed by atoms with Crippen molar-refractivity contribution >= 4 is 0 Å². The average Bonchev–Trinajstić information content (AvgIpc) is 2.48. The Morgan fingerprint density at radius 2 is 1.80 bits per heavy atom. The van der Waals surface area contributed by atoms with Crippen molar-refractivity contribution in [1.29, 1.82) is 0 Å². The molecule has 2 heterocycles. The molecular weight excluding hydrogens is 252 g/mol. The van der Waals surface area contributed by atoms with Crippen LogP contribution in [0.1, 0.15) is 46.0 Å². The molecule has 2 aliphatic rings. The van der Waals surface area contributed by atoms with E-state index in [2.05, 4.69) is 24.1 Å². The van der Waals surface area contributed by atoms with Crippen LogP contribution in [0.25, 0.3) is 0 Å². The van der Waals surface area contributed by atoms with Crippen LogP contribution < -0.4 is 5.32 Å². The predicted octanol–water partition coefficient (Wildman–Crippen LogP) is 2.03. The zero-order chi connectivity index (χ0) is 14.2. The van der Waals surface area contributed by atoms with Gasteiger partial charge in [-0.15, -0.1) is 0 Å². The summed E-state index contributed by atoms with van der Waals surface area (Å²) < 4.78 is 11.9. The molecule has 0 aromatic heterocycles. The van der Waals surface area contributed by atoms with E-state index >= 15 is 0 Å². The van der Waals surface area contributed by atoms with Gasteiger partial charge in [-0.3, -0.25) is 0 Å². The largest absolute Gasteiger partial charge is 0.378 e. The van der Waals surface area contributed by atoms with E-state index in [9.17, 15) is 0 Å². The van der Waals surface area contributed by atoms with Crippen LogP contribution in [0.4, 0.5) is 0 Å². The second kappa shape index (κ2) is 8.98. The highest BCUT2D eigenvalue weighted by Gasteiger charge is 2.20. The standard InChI is InChI=1S/C16H32N2O2/c1-3-19-15-7-12-18(13-8-15)11-6-14(2)20-16-4-9-17-10-5-16/h14-17H,3-13H2,1-2H3. The van der Waals surface area contributed by atoms with Crippen molar-refractivity contribution in [3.63, 3.8) is 0 Å². The third kappa shape index (κ3) is 5.68. The predicted molar refractivity (Wildman–Crippen MR) is 82.1 cm³/mol. The van der Waals surface area contributed by atoms with Crippen molar-refractivity contribution in [3.05, 3.63) is 0 Å². The molecule has 0 aromatic carbocycles. The molecule has 4 nitrogen and oxygen atoms in total. The zero-order valence-electron chi connectivity index (χ0n) is 13.3. The van der Waals surface area contributed by atoms with Crippen molar-refractivity contribution in [2.45, 2.75) is 64.3 Å². The van der Waals surface area contributed by atoms with Crippen molar-refractivity contribution in [1.82, 2.24) is 10.2 Å². The summed E-state index contributed by atoms with van der Waals surface area (Å²) >= 11 is 0. The molecule has 1 unspecified atom stereocenters. The average molecular weight is 284 g/mol. The first-order valence-corrected chi connectivity index (χ1v) is 8.48. The van der Waals surface area contributed by atoms with E-state index in [0.29, 0.717) is 18.3 Å². The van der Waals surface area contributed by atoms with E-state index in [1.54, 1.807) is 0 Å². The highest BCUT2D eigenvalue weighted by Crippen LogP contribution is 2.16. The Balaban J connectivity index is 1.55. The van der Waals surface area contributed by atoms with Gasteiger partial charge in [0.05, 0.1) is 18.3 Å². The molecule has 0 bridgehead atoms. The molecule has 2 fully saturated rings. The van der Waals surface area contributed by atoms with Gasteiger partial charge >= 0.3 is 0 Å². The zero-order valence-corrected chi connectivity index (χ0v) is 13.3. The molecule has 1 atom stereocenters. The van der Waals surface area contributed by atoms with E-state index in [1.165, 1.54) is 45.3 Å². The van der Waals surface area contributed by atoms with Crippen LogP contribution in [-0.2, 0) is 9.47 Å². The first-order chi connectivity index (χ1) is 9.78. The smallest absolute Gasteiger partial charge is 0.0603 e. The summed E-state index contributed by atoms with van der Waals surface area (Å²) in [6, 6.07) is 0. The molecule has 0 aliphatic carbocycles. The van der Waals surface area contributed by atoms with E-state index in [4.69, 9.17) is 9.47 Å². The van der Waals surface area contributed by atoms with Crippen molar-refractivity contribution in [3.8, 4) is 0 Å². The number of likely N-dealkylation sites (tertiary alicyclic amines) is 1. The minimum absolute atomic E-state index is 0.391. The summed E-state index contributed by atoms with van der Waals surface area (Å²) in [6.07, 6.45) is 7.25. The lowest BCUT2D eigenvalue weighted by Gasteiger charge is -2.33. The lowest BCUT2D eigenvalue weighted by Crippen LogP contribution is -2.39. The summed E-state index contributed by atoms with van der Waals surface area (Å²) in [5.74, 6) is 0. The molecule has 4 heteroatoms. The van der Waals surface area contributed by atoms with Crippen LogP contribution in [-0.4, -0.2) is 62.5 Å². The number of nitrogens with zero attached hydrogens (tertiary/aromatic N) is 1. The van der Waals surface area contributed by atoms with Gasteiger partial charge in [-0.2, -0.15) is 0 Å². The number of rotatable bonds is 7. The van der Waals surface area contributed by atoms with E-state index in [0.717, 1.165) is 26.1 Å². The lowest BCUT2D eigenvalue weighted by atomic mass is 10.1. The molecular formula is C16H32N2O2. The van der Waals surface area contributed by atoms with Gasteiger partial charge in [-0.05, 0) is 59.0 Å². The Kier molecular flexibility index (Phi) is 7.28. The van der Waals surface area contributed by atoms with Crippen LogP contribution in [0.5, 0.6) is 0 Å². The van der Waals surface area contributed by atoms with E-state index in [1.807, 2.05) is 0 Å². The fourth-order valence-electron chi connectivity index (χ4n) is 3.23. The molecule has 0 radical (unpaired) electrons. The van der Waals surface area contributed by atoms with Gasteiger partial charge in [0.15, 0.2) is 0 Å². The van der Waals surface area contributed by atoms with Crippen LogP contribution in [0.3, 0.4) is 0 Å². The van der Waals surface area contributed by atoms with Crippen LogP contribution in [0.15, 0.2) is 0 Å². The van der Waals surface area contributed by atoms with Crippen molar-refractivity contribution in [2.75, 3.05) is 39.3 Å². The third-order valence-electron chi connectivity index (χ3n) is 4.50. The molecule has 0 aromatic rings. The van der Waals surface area contributed by atoms with Crippen LogP contribution >= 0.6 is 0 Å². The van der Waals surface area contributed by atoms with Crippen molar-refractivity contribution in [2.24, 2.45) is 0 Å². The summed E-state index contributed by atoms with van der Waals surface area (Å²) in [4.78, 5) is 2.57. The topological polar surface area (TPSA) is 33.7 Å². The quantitative estimate of drug-likeness (QED) is 0.776. The molecule has 2 aliphatic heterocycles. The minimum Gasteiger partial charge on any atom is -0.378 e. The molecule has 1 N–H and O–H groups in total. The van der Waals surface area contributed by atoms with Crippen LogP contribution in [0.2, 0.25) is 0 Å². The van der Waals surface area contributed by atoms with E-state index < -0.39 is 0 Å². The summed E-state index contributed by atoms with van der Waals surface area (Å²) in [5, 5.41) is 3.39. The Bertz CT molecular complexity index is 249. The Labute approximate surface area is 124 Å². The number of nitrogens with one attached hydrogen (secondary N) is 1. The number of ether oxygens (including phenoxy) is 2. The summed E-state index contributed by atoms with van der Waals surface area (Å²) in [5.41, 5.74) is 0. The number of piperidine rings is 2. The van der Waals surface area contributed by atoms with Gasteiger partial charge in [0.25, 0.3) is 0 Å². The summed E-state index contributed by atoms with van der Waals surface area (Å²) in [7, 11) is 0. The molecule has 2 rings (SSSR count). The fourth-order valence-corrected chi connectivity index (χ4v) is 3.23. The Hall–Kier alpha value is -0.160. The monoisotopic (exact) mass is 284 g/mol. The van der Waals surface area contributed by atoms with Gasteiger partial charge in [0.1, 0.15) is 0 Å². The maximum absolute atomic E-state index is 6.15. The highest BCUT2D eigenvalue weighted by atomic mass is 16.5. The van der Waals surface area contributed by atoms with E-state index in [-0.39, 0.29) is 0 Å². The van der Waals surface area contributed by atoms with Gasteiger partial charge in [-0.25, -0.2) is 0 Å². The maximum Gasteiger partial charge on any atom is 0.0603 e. The van der Waals surface area contributed by atoms with Gasteiger partial charge in [0.2, 0.25) is 0 Å². The SMILES string of the molecule is CCOC1CCN(CCC(C)OC2CCNCC2)CC1. The second-order valence-electron chi connectivity index (χ2n) is 6.18. The molecule has 0 spiro atoms. The Morgan fingerprint density at radius 3 is 2.45 bits per heavy atom. The molecule has 20 heavy (non-hydrogen) atoms. The van der Waals surface area contributed by atoms with Gasteiger partial charge < -0.3 is 19.7 Å². The molecule has 0 amide bonds. The normalized spacial score (nSPS) is 24.9. The van der Waals surface area contributed by atoms with Crippen LogP contribution in [0, 0.1) is 0 Å². The molecule has 118 valence electrons. The lowest BCUT2D eigenvalue weighted by molar-refractivity contribution is -0.0289. The van der Waals surface area contributed by atoms with Crippen molar-refractivity contribution < 1.29 is 9.47 Å². The second-order valence-corrected chi connectivity index (χ2v) is 6.18. The van der Waals surface area contributed by atoms with Gasteiger partial charge in [0, 0.05) is 26.2 Å². The Morgan fingerprint density at radius 1 is 1.10 bits per heavy atom. The fraction of sp³-hybridized carbons (Fsp3) is 1.00. The number of hydrogen-bond donors (Lipinski definition) is 1. The molecule has 0 saturated carbocycles. The van der Waals surface area contributed by atoms with Gasteiger partial charge in [-0.1, -0.05) is 0 Å². The first-order valence-electron chi connectivity index (χ1n) is 8.48. The maximum atomic E-state index is 6.15. The first kappa shape index (κ1) is 16.2. The third-order valence-corrected chi connectivity index (χ3v) is 4.50.